The van der Waals surface area contributed by atoms with Gasteiger partial charge in [-0.15, -0.1) is 16.8 Å². The van der Waals surface area contributed by atoms with E-state index in [4.69, 9.17) is 32.7 Å². The first kappa shape index (κ1) is 25.0. The lowest BCUT2D eigenvalue weighted by molar-refractivity contribution is -0.113. The molecule has 0 atom stereocenters. The summed E-state index contributed by atoms with van der Waals surface area (Å²) in [5, 5.41) is 13.0. The van der Waals surface area contributed by atoms with E-state index in [0.29, 0.717) is 39.7 Å². The fourth-order valence-corrected chi connectivity index (χ4v) is 4.19. The minimum Gasteiger partial charge on any atom is -0.495 e. The largest absolute Gasteiger partial charge is 0.495 e. The molecule has 1 heterocycles. The zero-order valence-corrected chi connectivity index (χ0v) is 20.9. The number of benzene rings is 2. The Balaban J connectivity index is 1.63. The second-order valence-corrected chi connectivity index (χ2v) is 8.87. The molecule has 1 N–H and O–H groups in total. The van der Waals surface area contributed by atoms with E-state index in [-0.39, 0.29) is 18.3 Å². The molecule has 33 heavy (non-hydrogen) atoms. The van der Waals surface area contributed by atoms with Crippen LogP contribution in [0.15, 0.2) is 48.1 Å². The standard InChI is InChI=1S/C23H24Cl2N4O3S/c1-5-8-29-20(12-32-17-9-14(2)22(25)15(3)10-17)27-28-23(29)33-13-21(30)26-16-6-7-19(31-4)18(24)11-16/h5-7,9-11H,1,8,12-13H2,2-4H3,(H,26,30). The van der Waals surface area contributed by atoms with Gasteiger partial charge < -0.3 is 14.8 Å². The highest BCUT2D eigenvalue weighted by Crippen LogP contribution is 2.28. The molecule has 3 aromatic rings. The molecule has 2 aromatic carbocycles. The van der Waals surface area contributed by atoms with Crippen molar-refractivity contribution in [2.45, 2.75) is 32.2 Å². The van der Waals surface area contributed by atoms with E-state index in [2.05, 4.69) is 22.1 Å². The Morgan fingerprint density at radius 2 is 1.94 bits per heavy atom. The normalized spacial score (nSPS) is 10.7. The number of aromatic nitrogens is 3. The van der Waals surface area contributed by atoms with Crippen molar-refractivity contribution in [2.24, 2.45) is 0 Å². The van der Waals surface area contributed by atoms with Gasteiger partial charge >= 0.3 is 0 Å². The lowest BCUT2D eigenvalue weighted by Crippen LogP contribution is -2.15. The molecule has 0 radical (unpaired) electrons. The van der Waals surface area contributed by atoms with Gasteiger partial charge in [0.15, 0.2) is 11.0 Å². The number of anilines is 1. The average Bonchev–Trinajstić information content (AvgIpc) is 3.16. The van der Waals surface area contributed by atoms with Crippen LogP contribution in [0.3, 0.4) is 0 Å². The highest BCUT2D eigenvalue weighted by molar-refractivity contribution is 7.99. The van der Waals surface area contributed by atoms with Crippen LogP contribution in [-0.4, -0.2) is 33.5 Å². The van der Waals surface area contributed by atoms with Gasteiger partial charge in [-0.1, -0.05) is 41.0 Å². The number of amides is 1. The number of ether oxygens (including phenoxy) is 2. The van der Waals surface area contributed by atoms with Gasteiger partial charge in [0.25, 0.3) is 0 Å². The van der Waals surface area contributed by atoms with Crippen molar-refractivity contribution in [3.8, 4) is 11.5 Å². The van der Waals surface area contributed by atoms with Crippen LogP contribution >= 0.6 is 35.0 Å². The van der Waals surface area contributed by atoms with Gasteiger partial charge in [0.1, 0.15) is 18.1 Å². The van der Waals surface area contributed by atoms with Gasteiger partial charge in [0.2, 0.25) is 5.91 Å². The Labute approximate surface area is 207 Å². The van der Waals surface area contributed by atoms with Gasteiger partial charge in [0.05, 0.1) is 17.9 Å². The smallest absolute Gasteiger partial charge is 0.234 e. The minimum atomic E-state index is -0.195. The molecular weight excluding hydrogens is 483 g/mol. The van der Waals surface area contributed by atoms with Crippen molar-refractivity contribution < 1.29 is 14.3 Å². The van der Waals surface area contributed by atoms with Crippen LogP contribution in [0.25, 0.3) is 0 Å². The van der Waals surface area contributed by atoms with Gasteiger partial charge in [-0.3, -0.25) is 9.36 Å². The first-order valence-corrected chi connectivity index (χ1v) is 11.7. The van der Waals surface area contributed by atoms with E-state index in [1.807, 2.05) is 30.5 Å². The van der Waals surface area contributed by atoms with Crippen LogP contribution in [-0.2, 0) is 17.9 Å². The summed E-state index contributed by atoms with van der Waals surface area (Å²) < 4.78 is 12.9. The number of halogens is 2. The molecule has 3 rings (SSSR count). The Bertz CT molecular complexity index is 1140. The lowest BCUT2D eigenvalue weighted by Gasteiger charge is -2.11. The second kappa shape index (κ2) is 11.4. The zero-order valence-electron chi connectivity index (χ0n) is 18.5. The van der Waals surface area contributed by atoms with Crippen LogP contribution in [0.4, 0.5) is 5.69 Å². The summed E-state index contributed by atoms with van der Waals surface area (Å²) in [4.78, 5) is 12.4. The number of methoxy groups -OCH3 is 1. The molecule has 7 nitrogen and oxygen atoms in total. The molecule has 0 fully saturated rings. The molecule has 0 unspecified atom stereocenters. The maximum atomic E-state index is 12.4. The van der Waals surface area contributed by atoms with Gasteiger partial charge in [-0.25, -0.2) is 0 Å². The minimum absolute atomic E-state index is 0.148. The van der Waals surface area contributed by atoms with E-state index in [0.717, 1.165) is 16.1 Å². The first-order chi connectivity index (χ1) is 15.8. The quantitative estimate of drug-likeness (QED) is 0.280. The Morgan fingerprint density at radius 1 is 1.21 bits per heavy atom. The first-order valence-electron chi connectivity index (χ1n) is 10.0. The highest BCUT2D eigenvalue weighted by Gasteiger charge is 2.15. The van der Waals surface area contributed by atoms with Crippen molar-refractivity contribution in [1.29, 1.82) is 0 Å². The summed E-state index contributed by atoms with van der Waals surface area (Å²) in [7, 11) is 1.53. The summed E-state index contributed by atoms with van der Waals surface area (Å²) >= 11 is 13.6. The third kappa shape index (κ3) is 6.43. The van der Waals surface area contributed by atoms with E-state index in [1.165, 1.54) is 18.9 Å². The molecule has 1 amide bonds. The van der Waals surface area contributed by atoms with E-state index in [9.17, 15) is 4.79 Å². The number of carbonyl (C=O) groups excluding carboxylic acids is 1. The Kier molecular flexibility index (Phi) is 8.66. The van der Waals surface area contributed by atoms with Crippen molar-refractivity contribution in [1.82, 2.24) is 14.8 Å². The third-order valence-electron chi connectivity index (χ3n) is 4.65. The highest BCUT2D eigenvalue weighted by atomic mass is 35.5. The molecule has 0 spiro atoms. The van der Waals surface area contributed by atoms with Crippen molar-refractivity contribution in [2.75, 3.05) is 18.2 Å². The number of nitrogens with one attached hydrogen (secondary N) is 1. The molecule has 10 heteroatoms. The molecule has 0 bridgehead atoms. The SMILES string of the molecule is C=CCn1c(COc2cc(C)c(Cl)c(C)c2)nnc1SCC(=O)Nc1ccc(OC)c(Cl)c1. The van der Waals surface area contributed by atoms with Crippen LogP contribution in [0.2, 0.25) is 10.0 Å². The average molecular weight is 507 g/mol. The fraction of sp³-hybridized carbons (Fsp3) is 0.261. The van der Waals surface area contributed by atoms with Crippen LogP contribution in [0.1, 0.15) is 17.0 Å². The van der Waals surface area contributed by atoms with Gasteiger partial charge in [0, 0.05) is 17.3 Å². The molecule has 0 aliphatic carbocycles. The Hall–Kier alpha value is -2.68. The number of hydrogen-bond donors (Lipinski definition) is 1. The molecule has 0 saturated heterocycles. The molecular formula is C23H24Cl2N4O3S. The Morgan fingerprint density at radius 3 is 2.58 bits per heavy atom. The van der Waals surface area contributed by atoms with E-state index < -0.39 is 0 Å². The number of thioether (sulfide) groups is 1. The number of hydrogen-bond acceptors (Lipinski definition) is 6. The number of aryl methyl sites for hydroxylation is 2. The lowest BCUT2D eigenvalue weighted by atomic mass is 10.1. The van der Waals surface area contributed by atoms with Crippen LogP contribution < -0.4 is 14.8 Å². The molecule has 1 aromatic heterocycles. The number of allylic oxidation sites excluding steroid dienone is 1. The van der Waals surface area contributed by atoms with Gasteiger partial charge in [-0.05, 0) is 55.3 Å². The van der Waals surface area contributed by atoms with E-state index in [1.54, 1.807) is 24.3 Å². The fourth-order valence-electron chi connectivity index (χ4n) is 3.05. The topological polar surface area (TPSA) is 78.3 Å². The maximum Gasteiger partial charge on any atom is 0.234 e. The molecule has 0 aliphatic rings. The van der Waals surface area contributed by atoms with Crippen molar-refractivity contribution in [3.05, 3.63) is 70.0 Å². The van der Waals surface area contributed by atoms with Crippen LogP contribution in [0.5, 0.6) is 11.5 Å². The van der Waals surface area contributed by atoms with E-state index >= 15 is 0 Å². The second-order valence-electron chi connectivity index (χ2n) is 7.14. The molecule has 174 valence electrons. The van der Waals surface area contributed by atoms with Gasteiger partial charge in [-0.2, -0.15) is 0 Å². The number of carbonyl (C=O) groups is 1. The summed E-state index contributed by atoms with van der Waals surface area (Å²) in [6, 6.07) is 8.83. The predicted molar refractivity (Wildman–Crippen MR) is 133 cm³/mol. The third-order valence-corrected chi connectivity index (χ3v) is 6.51. The van der Waals surface area contributed by atoms with Crippen molar-refractivity contribution >= 4 is 46.6 Å². The number of nitrogens with zero attached hydrogens (tertiary/aromatic N) is 3. The molecule has 0 saturated carbocycles. The van der Waals surface area contributed by atoms with Crippen molar-refractivity contribution in [3.63, 3.8) is 0 Å². The zero-order chi connectivity index (χ0) is 24.0. The van der Waals surface area contributed by atoms with Crippen LogP contribution in [0, 0.1) is 13.8 Å². The maximum absolute atomic E-state index is 12.4. The predicted octanol–water partition coefficient (Wildman–Crippen LogP) is 5.71. The summed E-state index contributed by atoms with van der Waals surface area (Å²) in [6.07, 6.45) is 1.74. The monoisotopic (exact) mass is 506 g/mol. The molecule has 0 aliphatic heterocycles. The summed E-state index contributed by atoms with van der Waals surface area (Å²) in [6.45, 7) is 8.37. The number of rotatable bonds is 10. The summed E-state index contributed by atoms with van der Waals surface area (Å²) in [5.74, 6) is 1.83. The summed E-state index contributed by atoms with van der Waals surface area (Å²) in [5.41, 5.74) is 2.47.